The first kappa shape index (κ1) is 88.2. The average molecular weight is 1910 g/mol. The summed E-state index contributed by atoms with van der Waals surface area (Å²) in [5, 5.41) is 4.76. The zero-order valence-electron chi connectivity index (χ0n) is 82.4. The van der Waals surface area contributed by atoms with Crippen molar-refractivity contribution >= 4 is 77.7 Å². The Morgan fingerprint density at radius 2 is 0.460 bits per heavy atom. The lowest BCUT2D eigenvalue weighted by Gasteiger charge is -2.35. The van der Waals surface area contributed by atoms with Crippen LogP contribution in [0.15, 0.2) is 595 Å². The number of nitrogens with zero attached hydrogens (tertiary/aromatic N) is 4. The molecule has 0 N–H and O–H groups in total. The second kappa shape index (κ2) is 37.0. The van der Waals surface area contributed by atoms with E-state index >= 15 is 0 Å². The van der Waals surface area contributed by atoms with Crippen LogP contribution in [0.25, 0.3) is 177 Å². The summed E-state index contributed by atoms with van der Waals surface area (Å²) < 4.78 is 4.93. The molecule has 0 spiro atoms. The van der Waals surface area contributed by atoms with Crippen LogP contribution in [0.1, 0.15) is 44.5 Å². The first-order valence-corrected chi connectivity index (χ1v) is 51.9. The highest BCUT2D eigenvalue weighted by molar-refractivity contribution is 6.15. The molecular weight excluding hydrogens is 1810 g/mol. The first-order chi connectivity index (χ1) is 74.5. The topological polar surface area (TPSA) is 16.3 Å². The van der Waals surface area contributed by atoms with Crippen LogP contribution in [0.4, 0.5) is 34.1 Å². The minimum Gasteiger partial charge on any atom is -0.310 e. The maximum Gasteiger partial charge on any atom is 0.0713 e. The van der Waals surface area contributed by atoms with Gasteiger partial charge in [0.1, 0.15) is 0 Å². The molecule has 702 valence electrons. The van der Waals surface area contributed by atoms with Crippen LogP contribution in [0, 0.1) is 0 Å². The first-order valence-electron chi connectivity index (χ1n) is 51.9. The van der Waals surface area contributed by atoms with Crippen molar-refractivity contribution in [3.05, 3.63) is 639 Å². The molecule has 1 atom stereocenters. The Labute approximate surface area is 873 Å². The molecule has 2 aliphatic rings. The Morgan fingerprint density at radius 1 is 0.147 bits per heavy atom. The number of hydrogen-bond donors (Lipinski definition) is 0. The molecule has 0 amide bonds. The molecule has 2 aromatic heterocycles. The lowest BCUT2D eigenvalue weighted by molar-refractivity contribution is 0.768. The molecule has 4 heteroatoms. The van der Waals surface area contributed by atoms with Crippen LogP contribution in [0.5, 0.6) is 0 Å². The lowest BCUT2D eigenvalue weighted by Crippen LogP contribution is -2.28. The van der Waals surface area contributed by atoms with Crippen molar-refractivity contribution in [1.29, 1.82) is 0 Å². The molecular formula is C146H98N4. The van der Waals surface area contributed by atoms with Gasteiger partial charge >= 0.3 is 0 Å². The van der Waals surface area contributed by atoms with Crippen molar-refractivity contribution in [2.24, 2.45) is 0 Å². The fourth-order valence-corrected chi connectivity index (χ4v) is 25.1. The summed E-state index contributed by atoms with van der Waals surface area (Å²) in [5.41, 5.74) is 46.4. The van der Waals surface area contributed by atoms with Crippen molar-refractivity contribution in [3.63, 3.8) is 0 Å². The molecule has 0 saturated heterocycles. The molecule has 4 nitrogen and oxygen atoms in total. The number of para-hydroxylation sites is 4. The molecule has 0 radical (unpaired) electrons. The van der Waals surface area contributed by atoms with Gasteiger partial charge in [0.15, 0.2) is 0 Å². The van der Waals surface area contributed by atoms with Gasteiger partial charge in [-0.3, -0.25) is 0 Å². The zero-order chi connectivity index (χ0) is 99.2. The largest absolute Gasteiger partial charge is 0.310 e. The number of benzene rings is 24. The summed E-state index contributed by atoms with van der Waals surface area (Å²) in [4.78, 5) is 5.10. The molecule has 28 rings (SSSR count). The van der Waals surface area contributed by atoms with Crippen LogP contribution < -0.4 is 9.80 Å². The van der Waals surface area contributed by atoms with Crippen LogP contribution in [-0.4, -0.2) is 9.13 Å². The molecule has 1 unspecified atom stereocenters. The molecule has 150 heavy (non-hydrogen) atoms. The predicted octanol–water partition coefficient (Wildman–Crippen LogP) is 38.5. The van der Waals surface area contributed by atoms with Gasteiger partial charge in [-0.15, -0.1) is 0 Å². The average Bonchev–Trinajstić information content (AvgIpc) is 1.54. The molecule has 2 heterocycles. The van der Waals surface area contributed by atoms with Crippen molar-refractivity contribution < 1.29 is 0 Å². The maximum absolute atomic E-state index is 2.55. The zero-order valence-corrected chi connectivity index (χ0v) is 82.4. The minimum atomic E-state index is -0.785. The Kier molecular flexibility index (Phi) is 21.7. The highest BCUT2D eigenvalue weighted by Gasteiger charge is 2.49. The Hall–Kier alpha value is -19.5. The van der Waals surface area contributed by atoms with Gasteiger partial charge < -0.3 is 18.9 Å². The van der Waals surface area contributed by atoms with E-state index < -0.39 is 10.8 Å². The summed E-state index contributed by atoms with van der Waals surface area (Å²) in [7, 11) is 0. The second-order valence-corrected chi connectivity index (χ2v) is 39.5. The maximum atomic E-state index is 2.55. The Bertz CT molecular complexity index is 9650. The fourth-order valence-electron chi connectivity index (χ4n) is 25.1. The van der Waals surface area contributed by atoms with Gasteiger partial charge in [0.25, 0.3) is 0 Å². The fraction of sp³-hybridized carbons (Fsp3) is 0.0137. The third-order valence-corrected chi connectivity index (χ3v) is 31.5. The highest BCUT2D eigenvalue weighted by Crippen LogP contribution is 2.62. The van der Waals surface area contributed by atoms with Crippen molar-refractivity contribution in [2.45, 2.75) is 10.8 Å². The van der Waals surface area contributed by atoms with E-state index in [1.807, 2.05) is 0 Å². The second-order valence-electron chi connectivity index (χ2n) is 39.5. The SMILES string of the molecule is c1ccc(-c2ccccc2-c2c(-c3ccccc3)cccc2N(c2cccc(-c3cccc4c5ccccc5n(-c5cccc(-c6cccc(C7(c8ccccc8)c8ccccc8-c8cc(N(c9cccc(-c%10ccc%11c(c%10)c%10ccccc%10n%11-c%10ccccc%10)c9)c9cccc(-c%10ccccc%10)c9-c9ccccc9-c9ccccc9)ccc87)c6)c5)c34)c2)c2ccc3c(c2)-c2ccccc2C3(c2ccccc2)c2ccccc2)cc1. The van der Waals surface area contributed by atoms with Gasteiger partial charge in [0, 0.05) is 72.4 Å². The van der Waals surface area contributed by atoms with E-state index in [4.69, 9.17) is 0 Å². The van der Waals surface area contributed by atoms with E-state index in [2.05, 4.69) is 613 Å². The Morgan fingerprint density at radius 3 is 0.973 bits per heavy atom. The van der Waals surface area contributed by atoms with E-state index in [0.717, 1.165) is 162 Å². The van der Waals surface area contributed by atoms with E-state index in [-0.39, 0.29) is 0 Å². The molecule has 26 aromatic rings. The van der Waals surface area contributed by atoms with Crippen LogP contribution in [0.2, 0.25) is 0 Å². The summed E-state index contributed by atoms with van der Waals surface area (Å²) >= 11 is 0. The Balaban J connectivity index is 0.605. The molecule has 0 fully saturated rings. The van der Waals surface area contributed by atoms with E-state index in [0.29, 0.717) is 0 Å². The monoisotopic (exact) mass is 1910 g/mol. The van der Waals surface area contributed by atoms with E-state index in [9.17, 15) is 0 Å². The number of aromatic nitrogens is 2. The molecule has 0 aliphatic heterocycles. The van der Waals surface area contributed by atoms with Gasteiger partial charge in [-0.2, -0.15) is 0 Å². The molecule has 0 bridgehead atoms. The summed E-state index contributed by atoms with van der Waals surface area (Å²) in [5.74, 6) is 0. The summed E-state index contributed by atoms with van der Waals surface area (Å²) in [6.45, 7) is 0. The molecule has 24 aromatic carbocycles. The smallest absolute Gasteiger partial charge is 0.0713 e. The van der Waals surface area contributed by atoms with Crippen molar-refractivity contribution in [3.8, 4) is 134 Å². The summed E-state index contributed by atoms with van der Waals surface area (Å²) in [6.07, 6.45) is 0. The number of hydrogen-bond acceptors (Lipinski definition) is 2. The van der Waals surface area contributed by atoms with E-state index in [1.165, 1.54) is 93.8 Å². The highest BCUT2D eigenvalue weighted by atomic mass is 15.2. The quantitative estimate of drug-likeness (QED) is 0.0713. The summed E-state index contributed by atoms with van der Waals surface area (Å²) in [6, 6.07) is 222. The normalized spacial score (nSPS) is 13.1. The van der Waals surface area contributed by atoms with Crippen molar-refractivity contribution in [2.75, 3.05) is 9.80 Å². The third kappa shape index (κ3) is 14.5. The number of anilines is 6. The van der Waals surface area contributed by atoms with Gasteiger partial charge in [0.05, 0.1) is 44.3 Å². The third-order valence-electron chi connectivity index (χ3n) is 31.5. The van der Waals surface area contributed by atoms with E-state index in [1.54, 1.807) is 0 Å². The standard InChI is InChI=1S/C146H98N4/c1-9-44-99(45-10-1)118-68-25-27-74-127(118)142-120(101-48-13-3-14-49-101)76-42-84-140(142)147(113-65-38-54-105(93-113)106-86-91-139-132(96-106)126-73-32-35-82-137(126)149(139)112-63-23-8-24-64-112)116-88-90-136-131(98-116)124-71-30-34-81-134(124)146(136,110-60-21-7-22-61-110)111-62-37-52-103(92-111)104-53-39-67-115(94-104)150-138-83-36-31-72-125(138)129-79-41-78-122(144(129)150)107-55-40-66-114(95-107)148(141-85-43-77-121(102-50-15-4-16-51-102)143(141)128-75-28-26-69-119(128)100-46-11-2-12-47-100)117-87-89-135-130(97-117)123-70-29-33-80-133(123)145(135,108-56-17-5-18-57-108)109-58-19-6-20-59-109/h1-98H. The van der Waals surface area contributed by atoms with Crippen LogP contribution in [-0.2, 0) is 10.8 Å². The van der Waals surface area contributed by atoms with Gasteiger partial charge in [-0.1, -0.05) is 479 Å². The predicted molar refractivity (Wildman–Crippen MR) is 628 cm³/mol. The minimum absolute atomic E-state index is 0.600. The van der Waals surface area contributed by atoms with Crippen LogP contribution >= 0.6 is 0 Å². The van der Waals surface area contributed by atoms with Crippen molar-refractivity contribution in [1.82, 2.24) is 9.13 Å². The van der Waals surface area contributed by atoms with Gasteiger partial charge in [0.2, 0.25) is 0 Å². The van der Waals surface area contributed by atoms with Crippen LogP contribution in [0.3, 0.4) is 0 Å². The molecule has 2 aliphatic carbocycles. The lowest BCUT2D eigenvalue weighted by atomic mass is 9.67. The van der Waals surface area contributed by atoms with Gasteiger partial charge in [-0.05, 0) is 265 Å². The van der Waals surface area contributed by atoms with Gasteiger partial charge in [-0.25, -0.2) is 0 Å². The number of rotatable bonds is 21. The molecule has 0 saturated carbocycles. The number of fused-ring (bicyclic) bond motifs is 12.